The summed E-state index contributed by atoms with van der Waals surface area (Å²) in [6.45, 7) is 1.81. The zero-order valence-corrected chi connectivity index (χ0v) is 16.3. The number of aliphatic carboxylic acids is 1. The summed E-state index contributed by atoms with van der Waals surface area (Å²) in [4.78, 5) is 26.0. The first-order chi connectivity index (χ1) is 13.6. The Kier molecular flexibility index (Phi) is 6.82. The molecule has 5 nitrogen and oxygen atoms in total. The van der Waals surface area contributed by atoms with E-state index >= 15 is 0 Å². The van der Waals surface area contributed by atoms with Gasteiger partial charge in [-0.25, -0.2) is 0 Å². The molecule has 28 heavy (non-hydrogen) atoms. The van der Waals surface area contributed by atoms with E-state index in [-0.39, 0.29) is 24.5 Å². The van der Waals surface area contributed by atoms with Crippen molar-refractivity contribution in [1.29, 1.82) is 0 Å². The molecule has 5 heteroatoms. The molecular formula is C23H28N2O3. The first-order valence-corrected chi connectivity index (χ1v) is 9.99. The number of amides is 1. The highest BCUT2D eigenvalue weighted by Crippen LogP contribution is 2.27. The quantitative estimate of drug-likeness (QED) is 0.736. The number of carboxylic acids is 1. The topological polar surface area (TPSA) is 69.6 Å². The SMILES string of the molecule is CC[C@H](CCc1ccccc1)N[C@H]1CCc2ccccc2N(CC(=O)O)C1=O. The number of hydrogen-bond acceptors (Lipinski definition) is 3. The van der Waals surface area contributed by atoms with E-state index in [2.05, 4.69) is 24.4 Å². The average molecular weight is 380 g/mol. The number of anilines is 1. The maximum absolute atomic E-state index is 13.2. The lowest BCUT2D eigenvalue weighted by Crippen LogP contribution is -2.50. The van der Waals surface area contributed by atoms with Crippen molar-refractivity contribution in [2.45, 2.75) is 51.1 Å². The highest BCUT2D eigenvalue weighted by Gasteiger charge is 2.32. The third kappa shape index (κ3) is 4.98. The third-order valence-corrected chi connectivity index (χ3v) is 5.40. The van der Waals surface area contributed by atoms with Crippen LogP contribution in [-0.2, 0) is 22.4 Å². The summed E-state index contributed by atoms with van der Waals surface area (Å²) in [6.07, 6.45) is 4.24. The molecule has 3 rings (SSSR count). The smallest absolute Gasteiger partial charge is 0.323 e. The number of rotatable bonds is 8. The molecule has 0 saturated carbocycles. The van der Waals surface area contributed by atoms with E-state index in [9.17, 15) is 14.7 Å². The zero-order chi connectivity index (χ0) is 19.9. The molecule has 1 aliphatic rings. The van der Waals surface area contributed by atoms with Gasteiger partial charge in [-0.15, -0.1) is 0 Å². The van der Waals surface area contributed by atoms with Gasteiger partial charge in [0, 0.05) is 11.7 Å². The summed E-state index contributed by atoms with van der Waals surface area (Å²) >= 11 is 0. The maximum Gasteiger partial charge on any atom is 0.323 e. The minimum atomic E-state index is -1.00. The Hall–Kier alpha value is -2.66. The minimum absolute atomic E-state index is 0.148. The molecule has 0 aromatic heterocycles. The second-order valence-electron chi connectivity index (χ2n) is 7.33. The summed E-state index contributed by atoms with van der Waals surface area (Å²) in [5.74, 6) is -1.15. The van der Waals surface area contributed by atoms with E-state index in [4.69, 9.17) is 0 Å². The predicted molar refractivity (Wildman–Crippen MR) is 111 cm³/mol. The summed E-state index contributed by atoms with van der Waals surface area (Å²) in [5, 5.41) is 12.8. The number of carboxylic acid groups (broad SMARTS) is 1. The summed E-state index contributed by atoms with van der Waals surface area (Å²) in [5.41, 5.74) is 3.03. The normalized spacial score (nSPS) is 17.7. The molecule has 0 bridgehead atoms. The lowest BCUT2D eigenvalue weighted by atomic mass is 10.0. The fraction of sp³-hybridized carbons (Fsp3) is 0.391. The van der Waals surface area contributed by atoms with Crippen LogP contribution in [0.15, 0.2) is 54.6 Å². The fourth-order valence-electron chi connectivity index (χ4n) is 3.84. The second kappa shape index (κ2) is 9.51. The molecule has 0 aliphatic carbocycles. The summed E-state index contributed by atoms with van der Waals surface area (Å²) in [6, 6.07) is 17.8. The molecule has 2 atom stereocenters. The van der Waals surface area contributed by atoms with E-state index in [1.807, 2.05) is 42.5 Å². The van der Waals surface area contributed by atoms with Crippen LogP contribution in [0.5, 0.6) is 0 Å². The highest BCUT2D eigenvalue weighted by molar-refractivity contribution is 6.01. The van der Waals surface area contributed by atoms with Gasteiger partial charge in [-0.2, -0.15) is 0 Å². The van der Waals surface area contributed by atoms with E-state index in [1.165, 1.54) is 10.5 Å². The number of hydrogen-bond donors (Lipinski definition) is 2. The molecule has 0 radical (unpaired) electrons. The number of para-hydroxylation sites is 1. The summed E-state index contributed by atoms with van der Waals surface area (Å²) in [7, 11) is 0. The molecule has 2 aromatic rings. The van der Waals surface area contributed by atoms with Crippen molar-refractivity contribution in [2.24, 2.45) is 0 Å². The van der Waals surface area contributed by atoms with Gasteiger partial charge < -0.3 is 10.4 Å². The number of carbonyl (C=O) groups is 2. The molecule has 0 unspecified atom stereocenters. The fourth-order valence-corrected chi connectivity index (χ4v) is 3.84. The van der Waals surface area contributed by atoms with Gasteiger partial charge in [0.2, 0.25) is 5.91 Å². The van der Waals surface area contributed by atoms with Gasteiger partial charge in [-0.1, -0.05) is 55.5 Å². The lowest BCUT2D eigenvalue weighted by molar-refractivity contribution is -0.136. The molecular weight excluding hydrogens is 352 g/mol. The van der Waals surface area contributed by atoms with Crippen molar-refractivity contribution in [2.75, 3.05) is 11.4 Å². The van der Waals surface area contributed by atoms with Crippen molar-refractivity contribution >= 4 is 17.6 Å². The predicted octanol–water partition coefficient (Wildman–Crippen LogP) is 3.42. The second-order valence-corrected chi connectivity index (χ2v) is 7.33. The minimum Gasteiger partial charge on any atom is -0.480 e. The lowest BCUT2D eigenvalue weighted by Gasteiger charge is -2.27. The average Bonchev–Trinajstić information content (AvgIpc) is 2.83. The molecule has 0 saturated heterocycles. The van der Waals surface area contributed by atoms with E-state index < -0.39 is 5.97 Å². The number of fused-ring (bicyclic) bond motifs is 1. The van der Waals surface area contributed by atoms with Gasteiger partial charge in [0.25, 0.3) is 0 Å². The van der Waals surface area contributed by atoms with Crippen molar-refractivity contribution < 1.29 is 14.7 Å². The standard InChI is InChI=1S/C23H28N2O3/c1-2-19(14-12-17-8-4-3-5-9-17)24-20-15-13-18-10-6-7-11-21(18)25(23(20)28)16-22(26)27/h3-11,19-20,24H,2,12-16H2,1H3,(H,26,27)/t19-,20+/m1/s1. The largest absolute Gasteiger partial charge is 0.480 e. The Balaban J connectivity index is 1.72. The Morgan fingerprint density at radius 3 is 2.61 bits per heavy atom. The maximum atomic E-state index is 13.2. The number of nitrogens with one attached hydrogen (secondary N) is 1. The van der Waals surface area contributed by atoms with Crippen LogP contribution in [0.4, 0.5) is 5.69 Å². The summed E-state index contributed by atoms with van der Waals surface area (Å²) < 4.78 is 0. The first-order valence-electron chi connectivity index (χ1n) is 9.99. The van der Waals surface area contributed by atoms with Crippen molar-refractivity contribution in [3.63, 3.8) is 0 Å². The van der Waals surface area contributed by atoms with E-state index in [0.717, 1.165) is 36.9 Å². The Morgan fingerprint density at radius 1 is 1.18 bits per heavy atom. The Labute approximate surface area is 166 Å². The molecule has 0 spiro atoms. The van der Waals surface area contributed by atoms with Crippen LogP contribution in [0, 0.1) is 0 Å². The molecule has 2 N–H and O–H groups in total. The van der Waals surface area contributed by atoms with Gasteiger partial charge in [0.05, 0.1) is 6.04 Å². The highest BCUT2D eigenvalue weighted by atomic mass is 16.4. The van der Waals surface area contributed by atoms with Gasteiger partial charge >= 0.3 is 5.97 Å². The Bertz CT molecular complexity index is 807. The first kappa shape index (κ1) is 20.1. The third-order valence-electron chi connectivity index (χ3n) is 5.40. The van der Waals surface area contributed by atoms with Crippen LogP contribution in [0.3, 0.4) is 0 Å². The number of benzene rings is 2. The zero-order valence-electron chi connectivity index (χ0n) is 16.3. The van der Waals surface area contributed by atoms with Crippen molar-refractivity contribution in [1.82, 2.24) is 5.32 Å². The van der Waals surface area contributed by atoms with Crippen molar-refractivity contribution in [3.05, 3.63) is 65.7 Å². The van der Waals surface area contributed by atoms with Crippen LogP contribution in [0.1, 0.15) is 37.3 Å². The molecule has 148 valence electrons. The number of nitrogens with zero attached hydrogens (tertiary/aromatic N) is 1. The van der Waals surface area contributed by atoms with Gasteiger partial charge in [0.1, 0.15) is 6.54 Å². The van der Waals surface area contributed by atoms with Crippen molar-refractivity contribution in [3.8, 4) is 0 Å². The van der Waals surface area contributed by atoms with Crippen LogP contribution in [0.2, 0.25) is 0 Å². The van der Waals surface area contributed by atoms with Gasteiger partial charge in [0.15, 0.2) is 0 Å². The van der Waals surface area contributed by atoms with E-state index in [0.29, 0.717) is 6.42 Å². The van der Waals surface area contributed by atoms with Crippen LogP contribution < -0.4 is 10.2 Å². The van der Waals surface area contributed by atoms with Crippen LogP contribution >= 0.6 is 0 Å². The molecule has 0 fully saturated rings. The van der Waals surface area contributed by atoms with E-state index in [1.54, 1.807) is 0 Å². The van der Waals surface area contributed by atoms with Gasteiger partial charge in [-0.3, -0.25) is 14.5 Å². The van der Waals surface area contributed by atoms with Crippen LogP contribution in [-0.4, -0.2) is 35.6 Å². The van der Waals surface area contributed by atoms with Gasteiger partial charge in [-0.05, 0) is 49.3 Å². The molecule has 1 aliphatic heterocycles. The number of aryl methyl sites for hydroxylation is 2. The molecule has 1 heterocycles. The molecule has 1 amide bonds. The Morgan fingerprint density at radius 2 is 1.89 bits per heavy atom. The van der Waals surface area contributed by atoms with Crippen LogP contribution in [0.25, 0.3) is 0 Å². The monoisotopic (exact) mass is 380 g/mol. The number of carbonyl (C=O) groups excluding carboxylic acids is 1. The molecule has 2 aromatic carbocycles.